The number of hydrogen-bond acceptors (Lipinski definition) is 7. The zero-order valence-electron chi connectivity index (χ0n) is 18.8. The molecule has 0 saturated carbocycles. The fraction of sp³-hybridized carbons (Fsp3) is 0.591. The van der Waals surface area contributed by atoms with Crippen LogP contribution in [0.5, 0.6) is 5.75 Å². The highest BCUT2D eigenvalue weighted by Crippen LogP contribution is 2.27. The third-order valence-electron chi connectivity index (χ3n) is 3.78. The average Bonchev–Trinajstić information content (AvgIpc) is 2.63. The first-order chi connectivity index (χ1) is 14.0. The second-order valence-corrected chi connectivity index (χ2v) is 7.93. The van der Waals surface area contributed by atoms with E-state index in [4.69, 9.17) is 18.9 Å². The van der Waals surface area contributed by atoms with E-state index in [1.54, 1.807) is 39.8 Å². The van der Waals surface area contributed by atoms with Crippen molar-refractivity contribution in [3.63, 3.8) is 0 Å². The number of nitrogens with one attached hydrogen (secondary N) is 1. The van der Waals surface area contributed by atoms with Gasteiger partial charge in [-0.15, -0.1) is 0 Å². The molecule has 1 aromatic carbocycles. The fourth-order valence-electron chi connectivity index (χ4n) is 2.77. The Balaban J connectivity index is 3.15. The Morgan fingerprint density at radius 2 is 1.90 bits per heavy atom. The molecule has 1 atom stereocenters. The van der Waals surface area contributed by atoms with Crippen LogP contribution in [0, 0.1) is 11.3 Å². The second kappa shape index (κ2) is 11.4. The van der Waals surface area contributed by atoms with Crippen LogP contribution in [-0.4, -0.2) is 43.6 Å². The van der Waals surface area contributed by atoms with Crippen LogP contribution < -0.4 is 10.1 Å². The van der Waals surface area contributed by atoms with Crippen LogP contribution in [0.3, 0.4) is 0 Å². The molecule has 1 N–H and O–H groups in total. The van der Waals surface area contributed by atoms with Crippen LogP contribution in [0.25, 0.3) is 0 Å². The van der Waals surface area contributed by atoms with Crippen molar-refractivity contribution < 1.29 is 28.5 Å². The van der Waals surface area contributed by atoms with Crippen molar-refractivity contribution >= 4 is 12.1 Å². The summed E-state index contributed by atoms with van der Waals surface area (Å²) in [7, 11) is 1.45. The normalized spacial score (nSPS) is 12.1. The Labute approximate surface area is 178 Å². The molecule has 0 heterocycles. The summed E-state index contributed by atoms with van der Waals surface area (Å²) in [6.45, 7) is 11.0. The van der Waals surface area contributed by atoms with Crippen molar-refractivity contribution in [2.45, 2.75) is 72.3 Å². The van der Waals surface area contributed by atoms with Crippen molar-refractivity contribution in [1.82, 2.24) is 5.32 Å². The minimum atomic E-state index is -0.809. The van der Waals surface area contributed by atoms with Gasteiger partial charge in [-0.25, -0.2) is 9.59 Å². The molecule has 0 aliphatic heterocycles. The van der Waals surface area contributed by atoms with Gasteiger partial charge in [0.15, 0.2) is 6.10 Å². The van der Waals surface area contributed by atoms with Crippen LogP contribution in [0.1, 0.15) is 58.2 Å². The van der Waals surface area contributed by atoms with Crippen LogP contribution in [0.15, 0.2) is 12.1 Å². The summed E-state index contributed by atoms with van der Waals surface area (Å²) in [4.78, 5) is 24.3. The first kappa shape index (κ1) is 25.2. The van der Waals surface area contributed by atoms with Crippen molar-refractivity contribution in [3.05, 3.63) is 28.8 Å². The van der Waals surface area contributed by atoms with E-state index in [0.717, 1.165) is 0 Å². The molecule has 1 aromatic rings. The van der Waals surface area contributed by atoms with Crippen LogP contribution in [0.4, 0.5) is 4.79 Å². The minimum Gasteiger partial charge on any atom is -0.495 e. The molecule has 30 heavy (non-hydrogen) atoms. The number of alkyl carbamates (subject to hydrolysis) is 1. The van der Waals surface area contributed by atoms with Crippen molar-refractivity contribution in [2.24, 2.45) is 0 Å². The number of methoxy groups -OCH3 is 1. The predicted molar refractivity (Wildman–Crippen MR) is 111 cm³/mol. The lowest BCUT2D eigenvalue weighted by Gasteiger charge is -2.21. The molecule has 1 unspecified atom stereocenters. The predicted octanol–water partition coefficient (Wildman–Crippen LogP) is 3.49. The number of amides is 1. The molecule has 0 spiro atoms. The van der Waals surface area contributed by atoms with Crippen molar-refractivity contribution in [2.75, 3.05) is 13.7 Å². The zero-order chi connectivity index (χ0) is 22.9. The van der Waals surface area contributed by atoms with Crippen molar-refractivity contribution in [1.29, 1.82) is 5.26 Å². The standard InChI is InChI=1S/C22H32N2O6/c1-8-28-20(25)18(29-14(2)3)11-15-9-16(12-23)19(27-7)17(10-15)13-24-21(26)30-22(4,5)6/h9-10,14,18H,8,11,13H2,1-7H3,(H,24,26). The van der Waals surface area contributed by atoms with Crippen LogP contribution in [-0.2, 0) is 32.0 Å². The number of rotatable bonds is 9. The van der Waals surface area contributed by atoms with Gasteiger partial charge in [-0.1, -0.05) is 6.07 Å². The monoisotopic (exact) mass is 420 g/mol. The SMILES string of the molecule is CCOC(=O)C(Cc1cc(C#N)c(OC)c(CNC(=O)OC(C)(C)C)c1)OC(C)C. The summed E-state index contributed by atoms with van der Waals surface area (Å²) in [5, 5.41) is 12.2. The van der Waals surface area contributed by atoms with Gasteiger partial charge in [-0.2, -0.15) is 5.26 Å². The Bertz CT molecular complexity index is 777. The smallest absolute Gasteiger partial charge is 0.407 e. The number of nitrogens with zero attached hydrogens (tertiary/aromatic N) is 1. The first-order valence-corrected chi connectivity index (χ1v) is 9.89. The van der Waals surface area contributed by atoms with Gasteiger partial charge >= 0.3 is 12.1 Å². The van der Waals surface area contributed by atoms with E-state index >= 15 is 0 Å². The van der Waals surface area contributed by atoms with Crippen molar-refractivity contribution in [3.8, 4) is 11.8 Å². The summed E-state index contributed by atoms with van der Waals surface area (Å²) in [5.41, 5.74) is 0.939. The zero-order valence-corrected chi connectivity index (χ0v) is 18.8. The van der Waals surface area contributed by atoms with Crippen LogP contribution >= 0.6 is 0 Å². The van der Waals surface area contributed by atoms with Gasteiger partial charge in [-0.05, 0) is 53.2 Å². The van der Waals surface area contributed by atoms with Gasteiger partial charge < -0.3 is 24.3 Å². The largest absolute Gasteiger partial charge is 0.495 e. The molecular weight excluding hydrogens is 388 g/mol. The maximum atomic E-state index is 12.3. The molecule has 0 aliphatic carbocycles. The summed E-state index contributed by atoms with van der Waals surface area (Å²) in [6, 6.07) is 5.51. The van der Waals surface area contributed by atoms with E-state index in [1.165, 1.54) is 7.11 Å². The number of carbonyl (C=O) groups excluding carboxylic acids is 2. The first-order valence-electron chi connectivity index (χ1n) is 9.89. The Morgan fingerprint density at radius 1 is 1.23 bits per heavy atom. The van der Waals surface area contributed by atoms with E-state index in [0.29, 0.717) is 22.4 Å². The Morgan fingerprint density at radius 3 is 2.40 bits per heavy atom. The lowest BCUT2D eigenvalue weighted by atomic mass is 10.00. The number of ether oxygens (including phenoxy) is 4. The third-order valence-corrected chi connectivity index (χ3v) is 3.78. The minimum absolute atomic E-state index is 0.0930. The molecule has 1 amide bonds. The van der Waals surface area contributed by atoms with E-state index in [-0.39, 0.29) is 25.7 Å². The van der Waals surface area contributed by atoms with E-state index in [1.807, 2.05) is 13.8 Å². The highest BCUT2D eigenvalue weighted by Gasteiger charge is 2.24. The summed E-state index contributed by atoms with van der Waals surface area (Å²) >= 11 is 0. The molecule has 8 nitrogen and oxygen atoms in total. The molecule has 1 rings (SSSR count). The number of hydrogen-bond donors (Lipinski definition) is 1. The quantitative estimate of drug-likeness (QED) is 0.609. The number of esters is 1. The maximum absolute atomic E-state index is 12.3. The summed E-state index contributed by atoms with van der Waals surface area (Å²) in [5.74, 6) is -0.108. The van der Waals surface area contributed by atoms with Gasteiger partial charge in [0.05, 0.1) is 25.4 Å². The highest BCUT2D eigenvalue weighted by atomic mass is 16.6. The van der Waals surface area contributed by atoms with Gasteiger partial charge in [-0.3, -0.25) is 0 Å². The molecule has 0 radical (unpaired) electrons. The molecule has 166 valence electrons. The summed E-state index contributed by atoms with van der Waals surface area (Å²) in [6.07, 6.45) is -1.35. The Kier molecular flexibility index (Phi) is 9.60. The molecule has 0 aliphatic rings. The molecular formula is C22H32N2O6. The number of benzene rings is 1. The topological polar surface area (TPSA) is 107 Å². The maximum Gasteiger partial charge on any atom is 0.407 e. The molecule has 0 fully saturated rings. The van der Waals surface area contributed by atoms with E-state index < -0.39 is 23.8 Å². The van der Waals surface area contributed by atoms with Gasteiger partial charge in [0.2, 0.25) is 0 Å². The lowest BCUT2D eigenvalue weighted by molar-refractivity contribution is -0.159. The van der Waals surface area contributed by atoms with Gasteiger partial charge in [0.25, 0.3) is 0 Å². The van der Waals surface area contributed by atoms with E-state index in [2.05, 4.69) is 11.4 Å². The molecule has 0 saturated heterocycles. The highest BCUT2D eigenvalue weighted by molar-refractivity contribution is 5.75. The third kappa shape index (κ3) is 8.29. The summed E-state index contributed by atoms with van der Waals surface area (Å²) < 4.78 is 21.4. The van der Waals surface area contributed by atoms with Crippen LogP contribution in [0.2, 0.25) is 0 Å². The van der Waals surface area contributed by atoms with E-state index in [9.17, 15) is 14.9 Å². The van der Waals surface area contributed by atoms with Gasteiger partial charge in [0.1, 0.15) is 17.4 Å². The second-order valence-electron chi connectivity index (χ2n) is 7.93. The molecule has 0 aromatic heterocycles. The molecule has 8 heteroatoms. The van der Waals surface area contributed by atoms with Gasteiger partial charge in [0, 0.05) is 18.5 Å². The number of carbonyl (C=O) groups is 2. The number of nitriles is 1. The fourth-order valence-corrected chi connectivity index (χ4v) is 2.77. The molecule has 0 bridgehead atoms. The average molecular weight is 421 g/mol. The Hall–Kier alpha value is -2.79. The lowest BCUT2D eigenvalue weighted by Crippen LogP contribution is -2.32.